The largest absolute Gasteiger partial charge is 0.480 e. The molecule has 0 atom stereocenters. The molecule has 0 heterocycles. The number of rotatable bonds is 6. The highest BCUT2D eigenvalue weighted by Gasteiger charge is 2.06. The SMILES string of the molecule is O=C(O)CNC(=O)CNC(=O)NCc1ccc(Cl)cc1. The number of carbonyl (C=O) groups is 3. The number of halogens is 1. The van der Waals surface area contributed by atoms with Crippen LogP contribution in [0.4, 0.5) is 4.79 Å². The van der Waals surface area contributed by atoms with Crippen LogP contribution in [0.15, 0.2) is 24.3 Å². The molecule has 4 N–H and O–H groups in total. The van der Waals surface area contributed by atoms with Crippen LogP contribution in [0, 0.1) is 0 Å². The van der Waals surface area contributed by atoms with Crippen molar-refractivity contribution < 1.29 is 19.5 Å². The average molecular weight is 300 g/mol. The summed E-state index contributed by atoms with van der Waals surface area (Å²) in [6, 6.07) is 6.42. The van der Waals surface area contributed by atoms with Gasteiger partial charge in [-0.1, -0.05) is 23.7 Å². The second-order valence-corrected chi connectivity index (χ2v) is 4.27. The fraction of sp³-hybridized carbons (Fsp3) is 0.250. The van der Waals surface area contributed by atoms with Gasteiger partial charge in [0.1, 0.15) is 6.54 Å². The van der Waals surface area contributed by atoms with Gasteiger partial charge in [-0.25, -0.2) is 4.79 Å². The average Bonchev–Trinajstić information content (AvgIpc) is 2.42. The fourth-order valence-electron chi connectivity index (χ4n) is 1.24. The summed E-state index contributed by atoms with van der Waals surface area (Å²) < 4.78 is 0. The van der Waals surface area contributed by atoms with Gasteiger partial charge >= 0.3 is 12.0 Å². The number of amides is 3. The van der Waals surface area contributed by atoms with Crippen molar-refractivity contribution in [2.75, 3.05) is 13.1 Å². The molecule has 1 aromatic carbocycles. The number of benzene rings is 1. The van der Waals surface area contributed by atoms with Crippen molar-refractivity contribution in [1.82, 2.24) is 16.0 Å². The molecule has 0 spiro atoms. The Morgan fingerprint density at radius 2 is 1.65 bits per heavy atom. The molecular weight excluding hydrogens is 286 g/mol. The minimum Gasteiger partial charge on any atom is -0.480 e. The van der Waals surface area contributed by atoms with E-state index in [9.17, 15) is 14.4 Å². The number of hydrogen-bond acceptors (Lipinski definition) is 3. The van der Waals surface area contributed by atoms with Gasteiger partial charge in [0.05, 0.1) is 6.54 Å². The second kappa shape index (κ2) is 8.00. The number of hydrogen-bond donors (Lipinski definition) is 4. The summed E-state index contributed by atoms with van der Waals surface area (Å²) in [5, 5.41) is 15.9. The third-order valence-electron chi connectivity index (χ3n) is 2.21. The third-order valence-corrected chi connectivity index (χ3v) is 2.46. The Labute approximate surface area is 120 Å². The summed E-state index contributed by atoms with van der Waals surface area (Å²) in [7, 11) is 0. The molecule has 0 saturated carbocycles. The Morgan fingerprint density at radius 3 is 2.25 bits per heavy atom. The Morgan fingerprint density at radius 1 is 1.00 bits per heavy atom. The van der Waals surface area contributed by atoms with Crippen LogP contribution in [-0.4, -0.2) is 36.1 Å². The van der Waals surface area contributed by atoms with E-state index in [1.807, 2.05) is 0 Å². The van der Waals surface area contributed by atoms with Crippen molar-refractivity contribution in [3.63, 3.8) is 0 Å². The zero-order valence-corrected chi connectivity index (χ0v) is 11.2. The van der Waals surface area contributed by atoms with E-state index in [0.29, 0.717) is 11.6 Å². The highest BCUT2D eigenvalue weighted by molar-refractivity contribution is 6.30. The van der Waals surface area contributed by atoms with Crippen molar-refractivity contribution in [3.8, 4) is 0 Å². The van der Waals surface area contributed by atoms with Gasteiger partial charge in [0.25, 0.3) is 0 Å². The number of urea groups is 1. The minimum absolute atomic E-state index is 0.291. The van der Waals surface area contributed by atoms with Crippen LogP contribution in [0.5, 0.6) is 0 Å². The van der Waals surface area contributed by atoms with Crippen LogP contribution in [0.3, 0.4) is 0 Å². The maximum absolute atomic E-state index is 11.4. The van der Waals surface area contributed by atoms with Crippen molar-refractivity contribution in [2.45, 2.75) is 6.54 Å². The summed E-state index contributed by atoms with van der Waals surface area (Å²) >= 11 is 5.72. The number of carbonyl (C=O) groups excluding carboxylic acids is 2. The maximum Gasteiger partial charge on any atom is 0.322 e. The lowest BCUT2D eigenvalue weighted by Crippen LogP contribution is -2.42. The predicted octanol–water partition coefficient (Wildman–Crippen LogP) is 0.340. The zero-order valence-electron chi connectivity index (χ0n) is 10.5. The molecule has 0 unspecified atom stereocenters. The predicted molar refractivity (Wildman–Crippen MR) is 72.3 cm³/mol. The molecule has 0 bridgehead atoms. The van der Waals surface area contributed by atoms with E-state index < -0.39 is 24.5 Å². The first-order chi connectivity index (χ1) is 9.47. The van der Waals surface area contributed by atoms with Crippen LogP contribution in [0.1, 0.15) is 5.56 Å². The van der Waals surface area contributed by atoms with Gasteiger partial charge in [-0.15, -0.1) is 0 Å². The molecule has 0 fully saturated rings. The first kappa shape index (κ1) is 15.8. The molecule has 1 aromatic rings. The van der Waals surface area contributed by atoms with Gasteiger partial charge in [0, 0.05) is 11.6 Å². The summed E-state index contributed by atoms with van der Waals surface area (Å²) in [5.74, 6) is -1.72. The third kappa shape index (κ3) is 6.60. The first-order valence-corrected chi connectivity index (χ1v) is 6.10. The molecule has 8 heteroatoms. The van der Waals surface area contributed by atoms with E-state index in [4.69, 9.17) is 16.7 Å². The van der Waals surface area contributed by atoms with E-state index >= 15 is 0 Å². The number of carboxylic acid groups (broad SMARTS) is 1. The van der Waals surface area contributed by atoms with Gasteiger partial charge in [0.15, 0.2) is 0 Å². The number of aliphatic carboxylic acids is 1. The quantitative estimate of drug-likeness (QED) is 0.607. The van der Waals surface area contributed by atoms with Crippen LogP contribution in [0.25, 0.3) is 0 Å². The Bertz CT molecular complexity index is 490. The highest BCUT2D eigenvalue weighted by Crippen LogP contribution is 2.08. The Kier molecular flexibility index (Phi) is 6.31. The molecule has 0 radical (unpaired) electrons. The van der Waals surface area contributed by atoms with Crippen LogP contribution < -0.4 is 16.0 Å². The lowest BCUT2D eigenvalue weighted by atomic mass is 10.2. The van der Waals surface area contributed by atoms with E-state index in [0.717, 1.165) is 5.56 Å². The van der Waals surface area contributed by atoms with E-state index in [1.165, 1.54) is 0 Å². The lowest BCUT2D eigenvalue weighted by molar-refractivity contribution is -0.137. The van der Waals surface area contributed by atoms with Crippen molar-refractivity contribution >= 4 is 29.5 Å². The molecule has 0 aliphatic carbocycles. The van der Waals surface area contributed by atoms with E-state index in [1.54, 1.807) is 24.3 Å². The van der Waals surface area contributed by atoms with Gasteiger partial charge in [-0.05, 0) is 17.7 Å². The van der Waals surface area contributed by atoms with Gasteiger partial charge in [0.2, 0.25) is 5.91 Å². The van der Waals surface area contributed by atoms with Gasteiger partial charge < -0.3 is 21.1 Å². The monoisotopic (exact) mass is 299 g/mol. The van der Waals surface area contributed by atoms with Gasteiger partial charge in [-0.3, -0.25) is 9.59 Å². The fourth-order valence-corrected chi connectivity index (χ4v) is 1.37. The van der Waals surface area contributed by atoms with Crippen molar-refractivity contribution in [3.05, 3.63) is 34.9 Å². The van der Waals surface area contributed by atoms with E-state index in [2.05, 4.69) is 16.0 Å². The molecule has 0 aliphatic rings. The Hall–Kier alpha value is -2.28. The smallest absolute Gasteiger partial charge is 0.322 e. The summed E-state index contributed by atoms with van der Waals surface area (Å²) in [6.07, 6.45) is 0. The molecule has 108 valence electrons. The molecule has 1 rings (SSSR count). The summed E-state index contributed by atoms with van der Waals surface area (Å²) in [4.78, 5) is 32.7. The van der Waals surface area contributed by atoms with Gasteiger partial charge in [-0.2, -0.15) is 0 Å². The first-order valence-electron chi connectivity index (χ1n) is 5.72. The molecule has 0 saturated heterocycles. The highest BCUT2D eigenvalue weighted by atomic mass is 35.5. The van der Waals surface area contributed by atoms with Crippen molar-refractivity contribution in [1.29, 1.82) is 0 Å². The second-order valence-electron chi connectivity index (χ2n) is 3.83. The van der Waals surface area contributed by atoms with Crippen LogP contribution in [0.2, 0.25) is 5.02 Å². The molecule has 0 aromatic heterocycles. The molecule has 0 aliphatic heterocycles. The molecular formula is C12H14ClN3O4. The van der Waals surface area contributed by atoms with E-state index in [-0.39, 0.29) is 6.54 Å². The standard InChI is InChI=1S/C12H14ClN3O4/c13-9-3-1-8(2-4-9)5-15-12(20)16-6-10(17)14-7-11(18)19/h1-4H,5-7H2,(H,14,17)(H,18,19)(H2,15,16,20). The zero-order chi connectivity index (χ0) is 15.0. The van der Waals surface area contributed by atoms with Crippen LogP contribution >= 0.6 is 11.6 Å². The topological polar surface area (TPSA) is 108 Å². The van der Waals surface area contributed by atoms with Crippen LogP contribution in [-0.2, 0) is 16.1 Å². The summed E-state index contributed by atoms with van der Waals surface area (Å²) in [6.45, 7) is -0.480. The molecule has 3 amide bonds. The number of nitrogens with one attached hydrogen (secondary N) is 3. The lowest BCUT2D eigenvalue weighted by Gasteiger charge is -2.07. The Balaban J connectivity index is 2.21. The maximum atomic E-state index is 11.4. The van der Waals surface area contributed by atoms with Crippen molar-refractivity contribution in [2.24, 2.45) is 0 Å². The minimum atomic E-state index is -1.15. The summed E-state index contributed by atoms with van der Waals surface area (Å²) in [5.41, 5.74) is 0.861. The normalized spacial score (nSPS) is 9.65. The molecule has 7 nitrogen and oxygen atoms in total. The molecule has 20 heavy (non-hydrogen) atoms. The number of carboxylic acids is 1.